The van der Waals surface area contributed by atoms with Gasteiger partial charge in [0.15, 0.2) is 0 Å². The maximum atomic E-state index is 12.7. The van der Waals surface area contributed by atoms with Crippen molar-refractivity contribution < 1.29 is 4.79 Å². The number of aromatic amines is 1. The minimum atomic E-state index is -0.218. The average Bonchev–Trinajstić information content (AvgIpc) is 3.39. The molecule has 0 saturated carbocycles. The van der Waals surface area contributed by atoms with Gasteiger partial charge < -0.3 is 20.9 Å². The number of rotatable bonds is 7. The van der Waals surface area contributed by atoms with Gasteiger partial charge >= 0.3 is 0 Å². The molecular weight excluding hydrogens is 442 g/mol. The number of hydrogen-bond acceptors (Lipinski definition) is 6. The molecule has 0 bridgehead atoms. The second kappa shape index (κ2) is 10.1. The zero-order valence-corrected chi connectivity index (χ0v) is 19.7. The first-order valence-electron chi connectivity index (χ1n) is 12.1. The average molecular weight is 472 g/mol. The van der Waals surface area contributed by atoms with E-state index in [4.69, 9.17) is 4.98 Å². The maximum absolute atomic E-state index is 12.7. The van der Waals surface area contributed by atoms with Crippen LogP contribution >= 0.6 is 0 Å². The lowest BCUT2D eigenvalue weighted by Crippen LogP contribution is -2.29. The Bertz CT molecular complexity index is 1390. The van der Waals surface area contributed by atoms with Crippen LogP contribution in [0.1, 0.15) is 42.6 Å². The highest BCUT2D eigenvalue weighted by Crippen LogP contribution is 2.29. The number of nitrogens with zero attached hydrogens (tertiary/aromatic N) is 3. The molecule has 0 spiro atoms. The first-order chi connectivity index (χ1) is 17.1. The Morgan fingerprint density at radius 3 is 2.74 bits per heavy atom. The molecule has 0 unspecified atom stereocenters. The number of hydrogen-bond donors (Lipinski definition) is 4. The van der Waals surface area contributed by atoms with E-state index < -0.39 is 0 Å². The van der Waals surface area contributed by atoms with E-state index >= 15 is 0 Å². The summed E-state index contributed by atoms with van der Waals surface area (Å²) in [7, 11) is 0. The smallest absolute Gasteiger partial charge is 0.259 e. The fourth-order valence-corrected chi connectivity index (χ4v) is 4.38. The van der Waals surface area contributed by atoms with E-state index in [1.165, 1.54) is 0 Å². The Labute approximate surface area is 203 Å². The van der Waals surface area contributed by atoms with Crippen molar-refractivity contribution in [2.45, 2.75) is 32.2 Å². The van der Waals surface area contributed by atoms with Crippen LogP contribution in [0, 0.1) is 0 Å². The van der Waals surface area contributed by atoms with Crippen molar-refractivity contribution in [1.29, 1.82) is 0 Å². The second-order valence-electron chi connectivity index (χ2n) is 8.78. The Balaban J connectivity index is 1.47. The molecule has 1 aromatic carbocycles. The van der Waals surface area contributed by atoms with E-state index in [-0.39, 0.29) is 11.5 Å². The summed E-state index contributed by atoms with van der Waals surface area (Å²) in [5.41, 5.74) is 2.73. The predicted octanol–water partition coefficient (Wildman–Crippen LogP) is 3.59. The molecule has 3 aromatic heterocycles. The van der Waals surface area contributed by atoms with Gasteiger partial charge in [0.05, 0.1) is 23.3 Å². The third-order valence-corrected chi connectivity index (χ3v) is 6.28. The minimum Gasteiger partial charge on any atom is -0.352 e. The molecule has 5 rings (SSSR count). The van der Waals surface area contributed by atoms with Gasteiger partial charge in [0.25, 0.3) is 11.5 Å². The van der Waals surface area contributed by atoms with Crippen molar-refractivity contribution >= 4 is 28.2 Å². The largest absolute Gasteiger partial charge is 0.352 e. The van der Waals surface area contributed by atoms with E-state index in [2.05, 4.69) is 26.0 Å². The maximum Gasteiger partial charge on any atom is 0.259 e. The van der Waals surface area contributed by atoms with Crippen molar-refractivity contribution in [3.8, 4) is 11.3 Å². The SMILES string of the molecule is CCCNC(=O)c1ccc(Nc2nc(-c3cnn(C4CCNCC4)c3)cc3cc[nH]c(=O)c23)cc1. The summed E-state index contributed by atoms with van der Waals surface area (Å²) in [5, 5.41) is 15.4. The Morgan fingerprint density at radius 1 is 1.17 bits per heavy atom. The summed E-state index contributed by atoms with van der Waals surface area (Å²) >= 11 is 0. The summed E-state index contributed by atoms with van der Waals surface area (Å²) in [6, 6.07) is 11.3. The molecule has 4 aromatic rings. The van der Waals surface area contributed by atoms with Crippen molar-refractivity contribution in [3.05, 3.63) is 70.9 Å². The van der Waals surface area contributed by atoms with E-state index in [0.717, 1.165) is 54.7 Å². The van der Waals surface area contributed by atoms with Gasteiger partial charge in [-0.3, -0.25) is 14.3 Å². The molecule has 4 heterocycles. The number of nitrogens with one attached hydrogen (secondary N) is 4. The summed E-state index contributed by atoms with van der Waals surface area (Å²) in [4.78, 5) is 32.4. The Hall–Kier alpha value is -3.98. The van der Waals surface area contributed by atoms with Gasteiger partial charge in [0.2, 0.25) is 0 Å². The van der Waals surface area contributed by atoms with Crippen LogP contribution in [0.2, 0.25) is 0 Å². The second-order valence-corrected chi connectivity index (χ2v) is 8.78. The quantitative estimate of drug-likeness (QED) is 0.327. The summed E-state index contributed by atoms with van der Waals surface area (Å²) in [6.45, 7) is 4.63. The molecule has 1 saturated heterocycles. The fourth-order valence-electron chi connectivity index (χ4n) is 4.38. The molecular formula is C26H29N7O2. The zero-order chi connectivity index (χ0) is 24.2. The summed E-state index contributed by atoms with van der Waals surface area (Å²) in [5.74, 6) is 0.350. The fraction of sp³-hybridized carbons (Fsp3) is 0.308. The first kappa shape index (κ1) is 22.8. The first-order valence-corrected chi connectivity index (χ1v) is 12.1. The molecule has 0 radical (unpaired) electrons. The zero-order valence-electron chi connectivity index (χ0n) is 19.7. The highest BCUT2D eigenvalue weighted by atomic mass is 16.1. The molecule has 9 nitrogen and oxygen atoms in total. The number of H-pyrrole nitrogens is 1. The summed E-state index contributed by atoms with van der Waals surface area (Å²) in [6.07, 6.45) is 8.47. The highest BCUT2D eigenvalue weighted by molar-refractivity contribution is 5.96. The normalized spacial score (nSPS) is 14.2. The van der Waals surface area contributed by atoms with Gasteiger partial charge in [-0.15, -0.1) is 0 Å². The lowest BCUT2D eigenvalue weighted by molar-refractivity contribution is 0.0953. The molecule has 1 fully saturated rings. The molecule has 1 amide bonds. The lowest BCUT2D eigenvalue weighted by Gasteiger charge is -2.22. The number of carbonyl (C=O) groups is 1. The van der Waals surface area contributed by atoms with Crippen LogP contribution in [0.25, 0.3) is 22.0 Å². The van der Waals surface area contributed by atoms with Crippen LogP contribution < -0.4 is 21.5 Å². The van der Waals surface area contributed by atoms with Crippen molar-refractivity contribution in [2.75, 3.05) is 25.0 Å². The van der Waals surface area contributed by atoms with Crippen LogP contribution in [0.15, 0.2) is 59.8 Å². The molecule has 9 heteroatoms. The van der Waals surface area contributed by atoms with Crippen LogP contribution in [-0.4, -0.2) is 45.3 Å². The molecule has 4 N–H and O–H groups in total. The molecule has 1 aliphatic rings. The van der Waals surface area contributed by atoms with Crippen molar-refractivity contribution in [3.63, 3.8) is 0 Å². The number of fused-ring (bicyclic) bond motifs is 1. The number of benzene rings is 1. The predicted molar refractivity (Wildman–Crippen MR) is 137 cm³/mol. The molecule has 1 aliphatic heterocycles. The number of aromatic nitrogens is 4. The van der Waals surface area contributed by atoms with Gasteiger partial charge in [-0.1, -0.05) is 6.92 Å². The van der Waals surface area contributed by atoms with Gasteiger partial charge in [-0.2, -0.15) is 5.10 Å². The molecule has 180 valence electrons. The van der Waals surface area contributed by atoms with Crippen LogP contribution in [0.5, 0.6) is 0 Å². The summed E-state index contributed by atoms with van der Waals surface area (Å²) < 4.78 is 2.02. The van der Waals surface area contributed by atoms with E-state index in [1.54, 1.807) is 18.3 Å². The number of anilines is 2. The van der Waals surface area contributed by atoms with Crippen LogP contribution in [0.3, 0.4) is 0 Å². The van der Waals surface area contributed by atoms with Crippen molar-refractivity contribution in [2.24, 2.45) is 0 Å². The van der Waals surface area contributed by atoms with Crippen LogP contribution in [-0.2, 0) is 0 Å². The molecule has 35 heavy (non-hydrogen) atoms. The van der Waals surface area contributed by atoms with Gasteiger partial charge in [-0.05, 0) is 74.1 Å². The van der Waals surface area contributed by atoms with E-state index in [9.17, 15) is 9.59 Å². The van der Waals surface area contributed by atoms with E-state index in [0.29, 0.717) is 29.4 Å². The Morgan fingerprint density at radius 2 is 1.97 bits per heavy atom. The molecule has 0 atom stereocenters. The Kier molecular flexibility index (Phi) is 6.58. The monoisotopic (exact) mass is 471 g/mol. The van der Waals surface area contributed by atoms with Gasteiger partial charge in [0, 0.05) is 35.8 Å². The standard InChI is InChI=1S/C26H29N7O2/c1-2-10-28-25(34)17-3-5-20(6-4-17)31-24-23-18(7-13-29-26(23)35)14-22(32-24)19-15-30-33(16-19)21-8-11-27-12-9-21/h3-7,13-16,21,27H,2,8-12H2,1H3,(H,28,34)(H,29,35)(H,31,32). The van der Waals surface area contributed by atoms with E-state index in [1.807, 2.05) is 48.3 Å². The highest BCUT2D eigenvalue weighted by Gasteiger charge is 2.18. The van der Waals surface area contributed by atoms with Crippen LogP contribution in [0.4, 0.5) is 11.5 Å². The topological polar surface area (TPSA) is 117 Å². The number of carbonyl (C=O) groups excluding carboxylic acids is 1. The van der Waals surface area contributed by atoms with Gasteiger partial charge in [0.1, 0.15) is 5.82 Å². The molecule has 0 aliphatic carbocycles. The number of pyridine rings is 2. The number of piperidine rings is 1. The van der Waals surface area contributed by atoms with Gasteiger partial charge in [-0.25, -0.2) is 4.98 Å². The van der Waals surface area contributed by atoms with Crippen molar-refractivity contribution in [1.82, 2.24) is 30.4 Å². The number of amides is 1. The third kappa shape index (κ3) is 4.95. The minimum absolute atomic E-state index is 0.105. The lowest BCUT2D eigenvalue weighted by atomic mass is 10.1. The third-order valence-electron chi connectivity index (χ3n) is 6.28.